The van der Waals surface area contributed by atoms with Crippen molar-refractivity contribution in [1.82, 2.24) is 10.6 Å². The number of ether oxygens (including phenoxy) is 1. The van der Waals surface area contributed by atoms with Gasteiger partial charge in [0.25, 0.3) is 5.91 Å². The van der Waals surface area contributed by atoms with Gasteiger partial charge >= 0.3 is 6.03 Å². The number of amides is 3. The first kappa shape index (κ1) is 14.5. The number of carbonyl (C=O) groups excluding carboxylic acids is 2. The Kier molecular flexibility index (Phi) is 5.35. The summed E-state index contributed by atoms with van der Waals surface area (Å²) in [4.78, 5) is 22.8. The van der Waals surface area contributed by atoms with Crippen LogP contribution in [0.25, 0.3) is 0 Å². The molecular formula is C13H15N3O3. The number of imide groups is 1. The molecule has 0 fully saturated rings. The van der Waals surface area contributed by atoms with E-state index < -0.39 is 18.0 Å². The van der Waals surface area contributed by atoms with Gasteiger partial charge in [-0.05, 0) is 26.0 Å². The highest BCUT2D eigenvalue weighted by Gasteiger charge is 2.18. The zero-order valence-corrected chi connectivity index (χ0v) is 10.8. The maximum Gasteiger partial charge on any atom is 0.321 e. The van der Waals surface area contributed by atoms with Gasteiger partial charge in [-0.2, -0.15) is 5.26 Å². The van der Waals surface area contributed by atoms with E-state index in [1.807, 2.05) is 6.07 Å². The van der Waals surface area contributed by atoms with E-state index in [9.17, 15) is 9.59 Å². The molecule has 0 aromatic heterocycles. The summed E-state index contributed by atoms with van der Waals surface area (Å²) in [5.41, 5.74) is 0.333. The molecule has 0 bridgehead atoms. The third-order valence-corrected chi connectivity index (χ3v) is 2.25. The van der Waals surface area contributed by atoms with Gasteiger partial charge in [0.1, 0.15) is 11.8 Å². The van der Waals surface area contributed by atoms with E-state index in [4.69, 9.17) is 10.00 Å². The van der Waals surface area contributed by atoms with Crippen molar-refractivity contribution in [3.63, 3.8) is 0 Å². The monoisotopic (exact) mass is 261 g/mol. The van der Waals surface area contributed by atoms with E-state index in [2.05, 4.69) is 10.6 Å². The summed E-state index contributed by atoms with van der Waals surface area (Å²) in [6.07, 6.45) is -0.878. The highest BCUT2D eigenvalue weighted by molar-refractivity contribution is 5.96. The van der Waals surface area contributed by atoms with Crippen molar-refractivity contribution in [2.24, 2.45) is 0 Å². The number of nitrogens with one attached hydrogen (secondary N) is 2. The minimum Gasteiger partial charge on any atom is -0.480 e. The van der Waals surface area contributed by atoms with E-state index in [0.29, 0.717) is 17.9 Å². The molecule has 0 heterocycles. The molecule has 6 heteroatoms. The van der Waals surface area contributed by atoms with Gasteiger partial charge in [0.05, 0.1) is 5.56 Å². The molecule has 0 saturated heterocycles. The fourth-order valence-corrected chi connectivity index (χ4v) is 1.32. The predicted molar refractivity (Wildman–Crippen MR) is 68.5 cm³/mol. The first-order valence-electron chi connectivity index (χ1n) is 5.83. The van der Waals surface area contributed by atoms with E-state index in [1.165, 1.54) is 6.92 Å². The van der Waals surface area contributed by atoms with Gasteiger partial charge in [-0.3, -0.25) is 10.1 Å². The van der Waals surface area contributed by atoms with E-state index in [-0.39, 0.29) is 0 Å². The molecule has 2 N–H and O–H groups in total. The largest absolute Gasteiger partial charge is 0.480 e. The summed E-state index contributed by atoms with van der Waals surface area (Å²) in [6, 6.07) is 7.97. The van der Waals surface area contributed by atoms with Crippen molar-refractivity contribution in [3.05, 3.63) is 29.8 Å². The number of para-hydroxylation sites is 1. The molecule has 1 aromatic carbocycles. The number of carbonyl (C=O) groups is 2. The van der Waals surface area contributed by atoms with Crippen LogP contribution in [0, 0.1) is 11.3 Å². The second-order valence-electron chi connectivity index (χ2n) is 3.72. The average molecular weight is 261 g/mol. The fourth-order valence-electron chi connectivity index (χ4n) is 1.32. The van der Waals surface area contributed by atoms with E-state index in [1.54, 1.807) is 31.2 Å². The normalized spacial score (nSPS) is 11.0. The standard InChI is InChI=1S/C13H15N3O3/c1-3-15-13(18)16-12(17)9(2)19-11-7-5-4-6-10(11)8-14/h4-7,9H,3H2,1-2H3,(H2,15,16,17,18). The van der Waals surface area contributed by atoms with Crippen LogP contribution in [0.3, 0.4) is 0 Å². The summed E-state index contributed by atoms with van der Waals surface area (Å²) in [6.45, 7) is 3.67. The van der Waals surface area contributed by atoms with Crippen LogP contribution in [-0.2, 0) is 4.79 Å². The molecule has 0 aliphatic carbocycles. The molecule has 0 aliphatic rings. The molecule has 0 radical (unpaired) electrons. The Morgan fingerprint density at radius 1 is 1.42 bits per heavy atom. The lowest BCUT2D eigenvalue weighted by molar-refractivity contribution is -0.126. The number of nitrogens with zero attached hydrogens (tertiary/aromatic N) is 1. The van der Waals surface area contributed by atoms with Gasteiger partial charge in [0.15, 0.2) is 6.10 Å². The topological polar surface area (TPSA) is 91.2 Å². The van der Waals surface area contributed by atoms with Gasteiger partial charge in [0.2, 0.25) is 0 Å². The molecule has 100 valence electrons. The van der Waals surface area contributed by atoms with Crippen molar-refractivity contribution in [1.29, 1.82) is 5.26 Å². The first-order chi connectivity index (χ1) is 9.08. The Hall–Kier alpha value is -2.55. The molecule has 0 saturated carbocycles. The Balaban J connectivity index is 2.64. The molecule has 6 nitrogen and oxygen atoms in total. The number of benzene rings is 1. The summed E-state index contributed by atoms with van der Waals surface area (Å²) < 4.78 is 5.36. The van der Waals surface area contributed by atoms with Crippen molar-refractivity contribution < 1.29 is 14.3 Å². The average Bonchev–Trinajstić information content (AvgIpc) is 2.39. The van der Waals surface area contributed by atoms with Gasteiger partial charge in [-0.1, -0.05) is 12.1 Å². The lowest BCUT2D eigenvalue weighted by Gasteiger charge is -2.14. The van der Waals surface area contributed by atoms with E-state index in [0.717, 1.165) is 0 Å². The Morgan fingerprint density at radius 3 is 2.74 bits per heavy atom. The fraction of sp³-hybridized carbons (Fsp3) is 0.308. The SMILES string of the molecule is CCNC(=O)NC(=O)C(C)Oc1ccccc1C#N. The van der Waals surface area contributed by atoms with Gasteiger partial charge < -0.3 is 10.1 Å². The Morgan fingerprint density at radius 2 is 2.11 bits per heavy atom. The molecule has 0 spiro atoms. The molecule has 3 amide bonds. The van der Waals surface area contributed by atoms with Crippen molar-refractivity contribution in [2.45, 2.75) is 20.0 Å². The lowest BCUT2D eigenvalue weighted by Crippen LogP contribution is -2.45. The summed E-state index contributed by atoms with van der Waals surface area (Å²) >= 11 is 0. The minimum atomic E-state index is -0.878. The van der Waals surface area contributed by atoms with Gasteiger partial charge in [-0.15, -0.1) is 0 Å². The number of rotatable bonds is 4. The zero-order chi connectivity index (χ0) is 14.3. The number of hydrogen-bond acceptors (Lipinski definition) is 4. The quantitative estimate of drug-likeness (QED) is 0.851. The molecule has 0 aliphatic heterocycles. The highest BCUT2D eigenvalue weighted by Crippen LogP contribution is 2.17. The van der Waals surface area contributed by atoms with Gasteiger partial charge in [0, 0.05) is 6.54 Å². The summed E-state index contributed by atoms with van der Waals surface area (Å²) in [5.74, 6) is -0.262. The second-order valence-corrected chi connectivity index (χ2v) is 3.72. The molecule has 1 rings (SSSR count). The highest BCUT2D eigenvalue weighted by atomic mass is 16.5. The maximum atomic E-state index is 11.7. The minimum absolute atomic E-state index is 0.309. The van der Waals surface area contributed by atoms with Crippen LogP contribution in [-0.4, -0.2) is 24.6 Å². The lowest BCUT2D eigenvalue weighted by atomic mass is 10.2. The van der Waals surface area contributed by atoms with Crippen LogP contribution in [0.5, 0.6) is 5.75 Å². The third kappa shape index (κ3) is 4.32. The number of urea groups is 1. The van der Waals surface area contributed by atoms with Crippen molar-refractivity contribution in [2.75, 3.05) is 6.54 Å². The zero-order valence-electron chi connectivity index (χ0n) is 10.8. The van der Waals surface area contributed by atoms with Crippen molar-refractivity contribution in [3.8, 4) is 11.8 Å². The Bertz CT molecular complexity index is 508. The third-order valence-electron chi connectivity index (χ3n) is 2.25. The van der Waals surface area contributed by atoms with Crippen LogP contribution in [0.1, 0.15) is 19.4 Å². The second kappa shape index (κ2) is 7.01. The predicted octanol–water partition coefficient (Wildman–Crippen LogP) is 1.17. The molecular weight excluding hydrogens is 246 g/mol. The molecule has 1 aromatic rings. The molecule has 1 unspecified atom stereocenters. The Labute approximate surface area is 111 Å². The first-order valence-corrected chi connectivity index (χ1v) is 5.83. The van der Waals surface area contributed by atoms with E-state index >= 15 is 0 Å². The molecule has 1 atom stereocenters. The van der Waals surface area contributed by atoms with Crippen LogP contribution in [0.15, 0.2) is 24.3 Å². The van der Waals surface area contributed by atoms with Crippen LogP contribution in [0.4, 0.5) is 4.79 Å². The number of hydrogen-bond donors (Lipinski definition) is 2. The van der Waals surface area contributed by atoms with Crippen LogP contribution >= 0.6 is 0 Å². The number of nitriles is 1. The maximum absolute atomic E-state index is 11.7. The molecule has 19 heavy (non-hydrogen) atoms. The van der Waals surface area contributed by atoms with Crippen molar-refractivity contribution >= 4 is 11.9 Å². The summed E-state index contributed by atoms with van der Waals surface area (Å²) in [5, 5.41) is 13.5. The van der Waals surface area contributed by atoms with Crippen LogP contribution in [0.2, 0.25) is 0 Å². The smallest absolute Gasteiger partial charge is 0.321 e. The summed E-state index contributed by atoms with van der Waals surface area (Å²) in [7, 11) is 0. The van der Waals surface area contributed by atoms with Gasteiger partial charge in [-0.25, -0.2) is 4.79 Å². The van der Waals surface area contributed by atoms with Crippen LogP contribution < -0.4 is 15.4 Å².